The van der Waals surface area contributed by atoms with E-state index in [2.05, 4.69) is 13.8 Å². The van der Waals surface area contributed by atoms with E-state index in [0.717, 1.165) is 23.3 Å². The van der Waals surface area contributed by atoms with Crippen molar-refractivity contribution in [1.82, 2.24) is 4.90 Å². The Bertz CT molecular complexity index is 749. The summed E-state index contributed by atoms with van der Waals surface area (Å²) in [6, 6.07) is 9.94. The summed E-state index contributed by atoms with van der Waals surface area (Å²) in [5.41, 5.74) is 1.28. The Morgan fingerprint density at radius 1 is 1.08 bits per heavy atom. The van der Waals surface area contributed by atoms with Gasteiger partial charge in [0.05, 0.1) is 5.41 Å². The first-order valence-corrected chi connectivity index (χ1v) is 8.57. The van der Waals surface area contributed by atoms with E-state index in [1.165, 1.54) is 0 Å². The van der Waals surface area contributed by atoms with E-state index >= 15 is 0 Å². The molecule has 0 aromatic heterocycles. The summed E-state index contributed by atoms with van der Waals surface area (Å²) in [7, 11) is 0. The van der Waals surface area contributed by atoms with Crippen LogP contribution in [0.5, 0.6) is 0 Å². The van der Waals surface area contributed by atoms with Crippen LogP contribution in [-0.2, 0) is 20.9 Å². The lowest BCUT2D eigenvalue weighted by Crippen LogP contribution is -2.38. The Balaban J connectivity index is 1.66. The zero-order chi connectivity index (χ0) is 17.1. The average Bonchev–Trinajstić information content (AvgIpc) is 2.88. The standard InChI is InChI=1S/C20H23NO3/c1-19(2)9-14(22)17-15(10-19)24-18-20(17,3)11-16(23)21(18)12-13-7-5-4-6-8-13/h4-8,18H,9-12H2,1-3H3/t18-,20+/m1/s1. The normalized spacial score (nSPS) is 31.1. The molecule has 0 unspecified atom stereocenters. The van der Waals surface area contributed by atoms with Gasteiger partial charge in [0.15, 0.2) is 12.0 Å². The number of nitrogens with zero attached hydrogens (tertiary/aromatic N) is 1. The number of hydrogen-bond donors (Lipinski definition) is 0. The van der Waals surface area contributed by atoms with Crippen molar-refractivity contribution in [3.05, 3.63) is 47.2 Å². The molecule has 1 amide bonds. The minimum Gasteiger partial charge on any atom is -0.473 e. The van der Waals surface area contributed by atoms with Crippen LogP contribution < -0.4 is 0 Å². The number of carbonyl (C=O) groups is 2. The molecule has 126 valence electrons. The maximum absolute atomic E-state index is 12.7. The smallest absolute Gasteiger partial charge is 0.226 e. The minimum absolute atomic E-state index is 0.0653. The number of likely N-dealkylation sites (tertiary alicyclic amines) is 1. The topological polar surface area (TPSA) is 46.6 Å². The Kier molecular flexibility index (Phi) is 3.18. The first-order chi connectivity index (χ1) is 11.3. The molecular weight excluding hydrogens is 302 g/mol. The molecule has 0 bridgehead atoms. The van der Waals surface area contributed by atoms with Crippen molar-refractivity contribution in [2.45, 2.75) is 52.8 Å². The highest BCUT2D eigenvalue weighted by atomic mass is 16.5. The van der Waals surface area contributed by atoms with E-state index in [1.807, 2.05) is 37.3 Å². The Morgan fingerprint density at radius 3 is 2.50 bits per heavy atom. The number of amides is 1. The third-order valence-corrected chi connectivity index (χ3v) is 5.52. The van der Waals surface area contributed by atoms with Crippen molar-refractivity contribution in [2.75, 3.05) is 0 Å². The van der Waals surface area contributed by atoms with Gasteiger partial charge in [-0.25, -0.2) is 0 Å². The van der Waals surface area contributed by atoms with Gasteiger partial charge in [0.1, 0.15) is 5.76 Å². The molecule has 1 fully saturated rings. The highest BCUT2D eigenvalue weighted by Gasteiger charge is 2.60. The van der Waals surface area contributed by atoms with E-state index in [1.54, 1.807) is 4.90 Å². The van der Waals surface area contributed by atoms with E-state index < -0.39 is 5.41 Å². The molecule has 2 atom stereocenters. The first kappa shape index (κ1) is 15.4. The molecule has 0 radical (unpaired) electrons. The van der Waals surface area contributed by atoms with Gasteiger partial charge >= 0.3 is 0 Å². The summed E-state index contributed by atoms with van der Waals surface area (Å²) in [6.45, 7) is 6.74. The van der Waals surface area contributed by atoms with Gasteiger partial charge in [-0.2, -0.15) is 0 Å². The van der Waals surface area contributed by atoms with E-state index in [9.17, 15) is 9.59 Å². The highest BCUT2D eigenvalue weighted by molar-refractivity contribution is 6.00. The molecule has 1 saturated heterocycles. The zero-order valence-corrected chi connectivity index (χ0v) is 14.5. The summed E-state index contributed by atoms with van der Waals surface area (Å²) in [5, 5.41) is 0. The van der Waals surface area contributed by atoms with E-state index in [-0.39, 0.29) is 23.3 Å². The monoisotopic (exact) mass is 325 g/mol. The maximum atomic E-state index is 12.7. The van der Waals surface area contributed by atoms with Crippen molar-refractivity contribution in [3.8, 4) is 0 Å². The molecular formula is C20H23NO3. The van der Waals surface area contributed by atoms with Crippen molar-refractivity contribution < 1.29 is 14.3 Å². The van der Waals surface area contributed by atoms with Crippen LogP contribution in [0.3, 0.4) is 0 Å². The number of carbonyl (C=O) groups excluding carboxylic acids is 2. The lowest BCUT2D eigenvalue weighted by Gasteiger charge is -2.30. The van der Waals surface area contributed by atoms with Crippen LogP contribution in [0.15, 0.2) is 41.7 Å². The van der Waals surface area contributed by atoms with Crippen LogP contribution in [-0.4, -0.2) is 22.8 Å². The summed E-state index contributed by atoms with van der Waals surface area (Å²) in [5.74, 6) is 1.03. The van der Waals surface area contributed by atoms with Gasteiger partial charge in [0, 0.05) is 31.4 Å². The Labute approximate surface area is 142 Å². The predicted molar refractivity (Wildman–Crippen MR) is 89.6 cm³/mol. The van der Waals surface area contributed by atoms with Crippen LogP contribution in [0.4, 0.5) is 0 Å². The molecule has 0 saturated carbocycles. The van der Waals surface area contributed by atoms with Crippen LogP contribution >= 0.6 is 0 Å². The van der Waals surface area contributed by atoms with Crippen LogP contribution in [0.1, 0.15) is 45.6 Å². The van der Waals surface area contributed by atoms with Gasteiger partial charge in [-0.3, -0.25) is 9.59 Å². The molecule has 1 aromatic carbocycles. The molecule has 2 aliphatic heterocycles. The van der Waals surface area contributed by atoms with Gasteiger partial charge < -0.3 is 9.64 Å². The molecule has 4 rings (SSSR count). The highest BCUT2D eigenvalue weighted by Crippen LogP contribution is 2.56. The van der Waals surface area contributed by atoms with Crippen LogP contribution in [0.25, 0.3) is 0 Å². The van der Waals surface area contributed by atoms with Gasteiger partial charge in [-0.15, -0.1) is 0 Å². The number of Topliss-reactive ketones (excluding diaryl/α,β-unsaturated/α-hetero) is 1. The number of benzene rings is 1. The third-order valence-electron chi connectivity index (χ3n) is 5.52. The molecule has 1 aliphatic carbocycles. The van der Waals surface area contributed by atoms with Gasteiger partial charge in [0.2, 0.25) is 5.91 Å². The maximum Gasteiger partial charge on any atom is 0.226 e. The average molecular weight is 325 g/mol. The minimum atomic E-state index is -0.505. The number of allylic oxidation sites excluding steroid dienone is 1. The number of hydrogen-bond acceptors (Lipinski definition) is 3. The number of rotatable bonds is 2. The summed E-state index contributed by atoms with van der Waals surface area (Å²) < 4.78 is 6.22. The number of ether oxygens (including phenoxy) is 1. The molecule has 4 heteroatoms. The van der Waals surface area contributed by atoms with E-state index in [4.69, 9.17) is 4.74 Å². The quantitative estimate of drug-likeness (QED) is 0.837. The van der Waals surface area contributed by atoms with Crippen LogP contribution in [0.2, 0.25) is 0 Å². The third kappa shape index (κ3) is 2.20. The number of ketones is 1. The molecule has 0 spiro atoms. The van der Waals surface area contributed by atoms with Crippen molar-refractivity contribution in [1.29, 1.82) is 0 Å². The molecule has 0 N–H and O–H groups in total. The molecule has 2 heterocycles. The molecule has 1 aromatic rings. The van der Waals surface area contributed by atoms with Gasteiger partial charge in [-0.05, 0) is 17.9 Å². The van der Waals surface area contributed by atoms with Gasteiger partial charge in [-0.1, -0.05) is 44.2 Å². The fourth-order valence-electron chi connectivity index (χ4n) is 4.47. The van der Waals surface area contributed by atoms with Gasteiger partial charge in [0.25, 0.3) is 0 Å². The predicted octanol–water partition coefficient (Wildman–Crippen LogP) is 3.42. The Hall–Kier alpha value is -2.10. The number of fused-ring (bicyclic) bond motifs is 2. The van der Waals surface area contributed by atoms with Crippen molar-refractivity contribution in [3.63, 3.8) is 0 Å². The fourth-order valence-corrected chi connectivity index (χ4v) is 4.47. The Morgan fingerprint density at radius 2 is 1.79 bits per heavy atom. The fraction of sp³-hybridized carbons (Fsp3) is 0.500. The van der Waals surface area contributed by atoms with E-state index in [0.29, 0.717) is 19.4 Å². The second-order valence-corrected chi connectivity index (χ2v) is 8.31. The van der Waals surface area contributed by atoms with Crippen LogP contribution in [0, 0.1) is 10.8 Å². The molecule has 4 nitrogen and oxygen atoms in total. The molecule has 24 heavy (non-hydrogen) atoms. The second-order valence-electron chi connectivity index (χ2n) is 8.31. The lowest BCUT2D eigenvalue weighted by molar-refractivity contribution is -0.135. The van der Waals surface area contributed by atoms with Crippen molar-refractivity contribution >= 4 is 11.7 Å². The summed E-state index contributed by atoms with van der Waals surface area (Å²) >= 11 is 0. The lowest BCUT2D eigenvalue weighted by atomic mass is 9.69. The van der Waals surface area contributed by atoms with Crippen molar-refractivity contribution in [2.24, 2.45) is 10.8 Å². The largest absolute Gasteiger partial charge is 0.473 e. The summed E-state index contributed by atoms with van der Waals surface area (Å²) in [6.07, 6.45) is 1.31. The first-order valence-electron chi connectivity index (χ1n) is 8.57. The zero-order valence-electron chi connectivity index (χ0n) is 14.5. The second kappa shape index (κ2) is 4.95. The molecule has 3 aliphatic rings. The summed E-state index contributed by atoms with van der Waals surface area (Å²) in [4.78, 5) is 27.2. The SMILES string of the molecule is CC1(C)CC(=O)C2=C(C1)O[C@H]1N(Cc3ccccc3)C(=O)C[C@@]21C.